The van der Waals surface area contributed by atoms with Crippen LogP contribution in [0.2, 0.25) is 0 Å². The van der Waals surface area contributed by atoms with E-state index in [1.165, 1.54) is 6.92 Å². The van der Waals surface area contributed by atoms with Gasteiger partial charge < -0.3 is 14.7 Å². The minimum atomic E-state index is -0.467. The van der Waals surface area contributed by atoms with Crippen LogP contribution in [0.5, 0.6) is 0 Å². The third kappa shape index (κ3) is 3.72. The van der Waals surface area contributed by atoms with E-state index < -0.39 is 5.54 Å². The molecule has 1 saturated heterocycles. The van der Waals surface area contributed by atoms with Gasteiger partial charge in [0.15, 0.2) is 11.5 Å². The highest BCUT2D eigenvalue weighted by Gasteiger charge is 2.38. The highest BCUT2D eigenvalue weighted by atomic mass is 16.5. The van der Waals surface area contributed by atoms with Crippen LogP contribution >= 0.6 is 0 Å². The van der Waals surface area contributed by atoms with Gasteiger partial charge in [-0.15, -0.1) is 0 Å². The third-order valence-corrected chi connectivity index (χ3v) is 5.65. The minimum Gasteiger partial charge on any atom is -0.355 e. The summed E-state index contributed by atoms with van der Waals surface area (Å²) in [6, 6.07) is 11.6. The fraction of sp³-hybridized carbons (Fsp3) is 0.364. The second-order valence-electron chi connectivity index (χ2n) is 7.80. The van der Waals surface area contributed by atoms with Crippen molar-refractivity contribution in [1.29, 1.82) is 0 Å². The molecular weight excluding hydrogens is 382 g/mol. The summed E-state index contributed by atoms with van der Waals surface area (Å²) in [6.07, 6.45) is 3.11. The number of piperidine rings is 1. The fourth-order valence-corrected chi connectivity index (χ4v) is 4.18. The van der Waals surface area contributed by atoms with Crippen LogP contribution in [0.3, 0.4) is 0 Å². The van der Waals surface area contributed by atoms with E-state index in [0.717, 1.165) is 16.8 Å². The molecule has 0 bridgehead atoms. The van der Waals surface area contributed by atoms with Crippen molar-refractivity contribution in [2.24, 2.45) is 7.05 Å². The molecular formula is C22H25N5O3. The van der Waals surface area contributed by atoms with E-state index in [-0.39, 0.29) is 17.5 Å². The van der Waals surface area contributed by atoms with Crippen LogP contribution in [0, 0.1) is 6.92 Å². The molecule has 0 aliphatic carbocycles. The Balaban J connectivity index is 1.50. The highest BCUT2D eigenvalue weighted by molar-refractivity contribution is 5.93. The average molecular weight is 407 g/mol. The first-order valence-electron chi connectivity index (χ1n) is 9.99. The summed E-state index contributed by atoms with van der Waals surface area (Å²) in [5.74, 6) is 0.278. The van der Waals surface area contributed by atoms with Gasteiger partial charge in [0, 0.05) is 39.3 Å². The van der Waals surface area contributed by atoms with E-state index in [1.807, 2.05) is 50.5 Å². The van der Waals surface area contributed by atoms with Crippen molar-refractivity contribution in [2.75, 3.05) is 13.1 Å². The van der Waals surface area contributed by atoms with E-state index >= 15 is 0 Å². The second kappa shape index (κ2) is 7.78. The predicted octanol–water partition coefficient (Wildman–Crippen LogP) is 2.65. The number of carbonyl (C=O) groups is 2. The Morgan fingerprint density at radius 2 is 1.87 bits per heavy atom. The molecule has 0 radical (unpaired) electrons. The zero-order valence-corrected chi connectivity index (χ0v) is 17.4. The van der Waals surface area contributed by atoms with Crippen LogP contribution in [-0.4, -0.2) is 44.7 Å². The minimum absolute atomic E-state index is 0.0772. The van der Waals surface area contributed by atoms with Gasteiger partial charge in [-0.05, 0) is 25.3 Å². The van der Waals surface area contributed by atoms with Gasteiger partial charge in [0.25, 0.3) is 5.91 Å². The average Bonchev–Trinajstić information content (AvgIpc) is 3.34. The molecule has 3 heterocycles. The van der Waals surface area contributed by atoms with Crippen LogP contribution in [0.4, 0.5) is 0 Å². The second-order valence-corrected chi connectivity index (χ2v) is 7.80. The van der Waals surface area contributed by atoms with E-state index in [2.05, 4.69) is 15.6 Å². The van der Waals surface area contributed by atoms with Crippen molar-refractivity contribution < 1.29 is 14.1 Å². The summed E-state index contributed by atoms with van der Waals surface area (Å²) in [6.45, 7) is 4.44. The lowest BCUT2D eigenvalue weighted by Crippen LogP contribution is -2.53. The van der Waals surface area contributed by atoms with Crippen LogP contribution in [-0.2, 0) is 17.4 Å². The van der Waals surface area contributed by atoms with Crippen LogP contribution in [0.1, 0.15) is 41.5 Å². The lowest BCUT2D eigenvalue weighted by Gasteiger charge is -2.42. The first-order valence-corrected chi connectivity index (χ1v) is 9.99. The van der Waals surface area contributed by atoms with Crippen molar-refractivity contribution in [3.8, 4) is 11.3 Å². The summed E-state index contributed by atoms with van der Waals surface area (Å²) in [7, 11) is 1.83. The Morgan fingerprint density at radius 1 is 1.17 bits per heavy atom. The number of hydrogen-bond donors (Lipinski definition) is 1. The van der Waals surface area contributed by atoms with Gasteiger partial charge in [0.1, 0.15) is 0 Å². The number of aromatic nitrogens is 3. The van der Waals surface area contributed by atoms with Gasteiger partial charge in [0.05, 0.1) is 16.8 Å². The van der Waals surface area contributed by atoms with E-state index in [0.29, 0.717) is 31.7 Å². The van der Waals surface area contributed by atoms with Crippen molar-refractivity contribution in [3.05, 3.63) is 59.5 Å². The Kier molecular flexibility index (Phi) is 5.15. The molecule has 2 aromatic heterocycles. The van der Waals surface area contributed by atoms with Gasteiger partial charge in [-0.3, -0.25) is 14.3 Å². The molecule has 8 nitrogen and oxygen atoms in total. The maximum atomic E-state index is 13.0. The monoisotopic (exact) mass is 407 g/mol. The lowest BCUT2D eigenvalue weighted by molar-refractivity contribution is -0.121. The smallest absolute Gasteiger partial charge is 0.276 e. The molecule has 3 aromatic rings. The van der Waals surface area contributed by atoms with E-state index in [9.17, 15) is 9.59 Å². The zero-order chi connectivity index (χ0) is 21.3. The number of carbonyl (C=O) groups excluding carboxylic acids is 2. The highest BCUT2D eigenvalue weighted by Crippen LogP contribution is 2.33. The number of nitrogens with one attached hydrogen (secondary N) is 1. The summed E-state index contributed by atoms with van der Waals surface area (Å²) < 4.78 is 7.11. The molecule has 0 unspecified atom stereocenters. The number of aryl methyl sites for hydroxylation is 2. The molecule has 0 saturated carbocycles. The van der Waals surface area contributed by atoms with Crippen molar-refractivity contribution in [2.45, 2.75) is 32.2 Å². The van der Waals surface area contributed by atoms with Crippen LogP contribution in [0.15, 0.2) is 47.1 Å². The molecule has 156 valence electrons. The van der Waals surface area contributed by atoms with Gasteiger partial charge in [-0.1, -0.05) is 35.5 Å². The largest absolute Gasteiger partial charge is 0.355 e. The maximum absolute atomic E-state index is 13.0. The lowest BCUT2D eigenvalue weighted by atomic mass is 9.80. The number of benzene rings is 1. The zero-order valence-electron chi connectivity index (χ0n) is 17.4. The van der Waals surface area contributed by atoms with Crippen molar-refractivity contribution in [3.63, 3.8) is 0 Å². The van der Waals surface area contributed by atoms with E-state index in [1.54, 1.807) is 15.6 Å². The molecule has 1 aliphatic rings. The van der Waals surface area contributed by atoms with Crippen molar-refractivity contribution in [1.82, 2.24) is 25.2 Å². The molecule has 1 aliphatic heterocycles. The maximum Gasteiger partial charge on any atom is 0.276 e. The molecule has 0 atom stereocenters. The summed E-state index contributed by atoms with van der Waals surface area (Å²) in [5.41, 5.74) is 2.50. The molecule has 8 heteroatoms. The number of rotatable bonds is 4. The molecule has 0 spiro atoms. The Bertz CT molecular complexity index is 1060. The molecule has 1 N–H and O–H groups in total. The summed E-state index contributed by atoms with van der Waals surface area (Å²) in [4.78, 5) is 26.6. The summed E-state index contributed by atoms with van der Waals surface area (Å²) in [5, 5.41) is 11.4. The standard InChI is InChI=1S/C22H25N5O3/c1-15-18(14-26(3)24-15)20-13-19(25-30-20)21(29)27-11-9-22(10-12-27,23-16(2)28)17-7-5-4-6-8-17/h4-8,13-14H,9-12H2,1-3H3,(H,23,28). The molecule has 1 aromatic carbocycles. The number of likely N-dealkylation sites (tertiary alicyclic amines) is 1. The number of amides is 2. The number of hydrogen-bond acceptors (Lipinski definition) is 5. The van der Waals surface area contributed by atoms with Gasteiger partial charge >= 0.3 is 0 Å². The number of nitrogens with zero attached hydrogens (tertiary/aromatic N) is 4. The van der Waals surface area contributed by atoms with Crippen LogP contribution in [0.25, 0.3) is 11.3 Å². The van der Waals surface area contributed by atoms with Gasteiger partial charge in [-0.2, -0.15) is 5.10 Å². The molecule has 2 amide bonds. The quantitative estimate of drug-likeness (QED) is 0.718. The van der Waals surface area contributed by atoms with Crippen molar-refractivity contribution >= 4 is 11.8 Å². The Hall–Kier alpha value is -3.42. The third-order valence-electron chi connectivity index (χ3n) is 5.65. The Morgan fingerprint density at radius 3 is 2.47 bits per heavy atom. The normalized spacial score (nSPS) is 15.8. The fourth-order valence-electron chi connectivity index (χ4n) is 4.18. The SMILES string of the molecule is CC(=O)NC1(c2ccccc2)CCN(C(=O)c2cc(-c3cn(C)nc3C)on2)CC1. The molecule has 1 fully saturated rings. The van der Waals surface area contributed by atoms with Crippen LogP contribution < -0.4 is 5.32 Å². The van der Waals surface area contributed by atoms with Gasteiger partial charge in [-0.25, -0.2) is 0 Å². The summed E-state index contributed by atoms with van der Waals surface area (Å²) >= 11 is 0. The Labute approximate surface area is 174 Å². The molecule has 4 rings (SSSR count). The van der Waals surface area contributed by atoms with E-state index in [4.69, 9.17) is 4.52 Å². The molecule has 30 heavy (non-hydrogen) atoms. The predicted molar refractivity (Wildman–Crippen MR) is 111 cm³/mol. The first kappa shape index (κ1) is 19.9. The van der Waals surface area contributed by atoms with Gasteiger partial charge in [0.2, 0.25) is 5.91 Å². The first-order chi connectivity index (χ1) is 14.4. The topological polar surface area (TPSA) is 93.3 Å².